The van der Waals surface area contributed by atoms with Crippen molar-refractivity contribution in [2.45, 2.75) is 19.3 Å². The van der Waals surface area contributed by atoms with Crippen molar-refractivity contribution in [3.8, 4) is 0 Å². The van der Waals surface area contributed by atoms with Crippen LogP contribution in [0.2, 0.25) is 0 Å². The van der Waals surface area contributed by atoms with Crippen molar-refractivity contribution in [3.05, 3.63) is 41.5 Å². The number of benzene rings is 1. The highest BCUT2D eigenvalue weighted by atomic mass is 35.5. The summed E-state index contributed by atoms with van der Waals surface area (Å²) in [7, 11) is 0. The molecule has 168 valence electrons. The zero-order valence-electron chi connectivity index (χ0n) is 15.9. The molecule has 0 spiro atoms. The second-order valence-electron chi connectivity index (χ2n) is 6.45. The predicted octanol–water partition coefficient (Wildman–Crippen LogP) is 2.15. The van der Waals surface area contributed by atoms with Crippen molar-refractivity contribution >= 4 is 36.4 Å². The summed E-state index contributed by atoms with van der Waals surface area (Å²) in [6.07, 6.45) is -4.52. The molecule has 3 N–H and O–H groups in total. The number of aromatic nitrogens is 2. The Labute approximate surface area is 183 Å². The second-order valence-corrected chi connectivity index (χ2v) is 6.45. The van der Waals surface area contributed by atoms with Crippen molar-refractivity contribution in [1.82, 2.24) is 19.9 Å². The molecule has 0 bridgehead atoms. The van der Waals surface area contributed by atoms with Crippen LogP contribution in [-0.4, -0.2) is 58.6 Å². The van der Waals surface area contributed by atoms with E-state index in [4.69, 9.17) is 10.3 Å². The largest absolute Gasteiger partial charge is 0.418 e. The van der Waals surface area contributed by atoms with E-state index in [1.807, 2.05) is 4.90 Å². The number of hydrogen-bond acceptors (Lipinski definition) is 7. The molecule has 2 aromatic rings. The number of rotatable bonds is 6. The average molecular weight is 471 g/mol. The van der Waals surface area contributed by atoms with Gasteiger partial charge in [-0.2, -0.15) is 18.2 Å². The molecule has 0 aliphatic carbocycles. The quantitative estimate of drug-likeness (QED) is 0.666. The molecule has 0 radical (unpaired) electrons. The zero-order valence-corrected chi connectivity index (χ0v) is 17.5. The molecule has 1 aromatic carbocycles. The monoisotopic (exact) mass is 470 g/mol. The number of piperazine rings is 1. The van der Waals surface area contributed by atoms with E-state index in [0.717, 1.165) is 6.07 Å². The van der Waals surface area contributed by atoms with Gasteiger partial charge in [-0.3, -0.25) is 14.6 Å². The Bertz CT molecular complexity index is 813. The van der Waals surface area contributed by atoms with Crippen LogP contribution in [0, 0.1) is 0 Å². The summed E-state index contributed by atoms with van der Waals surface area (Å²) in [5.41, 5.74) is 4.35. The van der Waals surface area contributed by atoms with E-state index in [-0.39, 0.29) is 43.6 Å². The summed E-state index contributed by atoms with van der Waals surface area (Å²) in [6, 6.07) is 4.94. The molecule has 1 aromatic heterocycles. The highest BCUT2D eigenvalue weighted by Crippen LogP contribution is 2.34. The van der Waals surface area contributed by atoms with Gasteiger partial charge in [-0.05, 0) is 12.1 Å². The lowest BCUT2D eigenvalue weighted by atomic mass is 10.1. The third-order valence-corrected chi connectivity index (χ3v) is 4.39. The minimum atomic E-state index is -4.52. The van der Waals surface area contributed by atoms with Crippen molar-refractivity contribution in [2.24, 2.45) is 5.73 Å². The normalized spacial score (nSPS) is 15.2. The van der Waals surface area contributed by atoms with E-state index >= 15 is 0 Å². The summed E-state index contributed by atoms with van der Waals surface area (Å²) in [5, 5.41) is 6.21. The van der Waals surface area contributed by atoms with Gasteiger partial charge in [0.2, 0.25) is 11.8 Å². The zero-order chi connectivity index (χ0) is 20.1. The predicted molar refractivity (Wildman–Crippen MR) is 108 cm³/mol. The number of hydrogen-bond donors (Lipinski definition) is 2. The first-order valence-corrected chi connectivity index (χ1v) is 8.77. The standard InChI is InChI=1S/C17H21F3N6O2.2ClH/c18-17(19,20)12-3-1-2-4-13(12)22-15(27)11-26-7-5-25(6-8-26)10-14-23-16(9-21)28-24-14;;/h1-4H,5-11,21H2,(H,22,27);2*1H. The van der Waals surface area contributed by atoms with Crippen LogP contribution >= 0.6 is 24.8 Å². The summed E-state index contributed by atoms with van der Waals surface area (Å²) in [5.74, 6) is 0.454. The fourth-order valence-electron chi connectivity index (χ4n) is 2.97. The van der Waals surface area contributed by atoms with E-state index in [0.29, 0.717) is 44.4 Å². The third-order valence-electron chi connectivity index (χ3n) is 4.39. The maximum atomic E-state index is 13.0. The topological polar surface area (TPSA) is 101 Å². The van der Waals surface area contributed by atoms with Gasteiger partial charge in [-0.25, -0.2) is 0 Å². The van der Waals surface area contributed by atoms with Crippen molar-refractivity contribution in [3.63, 3.8) is 0 Å². The number of carbonyl (C=O) groups is 1. The van der Waals surface area contributed by atoms with Crippen LogP contribution < -0.4 is 11.1 Å². The highest BCUT2D eigenvalue weighted by molar-refractivity contribution is 5.93. The molecular formula is C17H23Cl2F3N6O2. The summed E-state index contributed by atoms with van der Waals surface area (Å²) >= 11 is 0. The van der Waals surface area contributed by atoms with Gasteiger partial charge in [0, 0.05) is 26.2 Å². The Morgan fingerprint density at radius 3 is 2.37 bits per heavy atom. The summed E-state index contributed by atoms with van der Waals surface area (Å²) in [4.78, 5) is 20.3. The SMILES string of the molecule is Cl.Cl.NCc1nc(CN2CCN(CC(=O)Nc3ccccc3C(F)(F)F)CC2)no1. The van der Waals surface area contributed by atoms with Crippen molar-refractivity contribution < 1.29 is 22.5 Å². The van der Waals surface area contributed by atoms with Gasteiger partial charge in [-0.15, -0.1) is 24.8 Å². The molecule has 1 saturated heterocycles. The fraction of sp³-hybridized carbons (Fsp3) is 0.471. The van der Waals surface area contributed by atoms with Gasteiger partial charge in [0.25, 0.3) is 0 Å². The van der Waals surface area contributed by atoms with E-state index in [1.54, 1.807) is 0 Å². The molecule has 1 aliphatic heterocycles. The van der Waals surface area contributed by atoms with Gasteiger partial charge >= 0.3 is 6.18 Å². The molecule has 13 heteroatoms. The van der Waals surface area contributed by atoms with Gasteiger partial charge in [-0.1, -0.05) is 17.3 Å². The van der Waals surface area contributed by atoms with Crippen LogP contribution in [0.25, 0.3) is 0 Å². The maximum absolute atomic E-state index is 13.0. The number of carbonyl (C=O) groups excluding carboxylic acids is 1. The first-order chi connectivity index (χ1) is 13.3. The molecule has 0 saturated carbocycles. The number of anilines is 1. The summed E-state index contributed by atoms with van der Waals surface area (Å²) in [6.45, 7) is 3.30. The molecule has 1 aliphatic rings. The number of amides is 1. The number of nitrogens with zero attached hydrogens (tertiary/aromatic N) is 4. The second kappa shape index (κ2) is 11.5. The first kappa shape index (κ1) is 26.1. The highest BCUT2D eigenvalue weighted by Gasteiger charge is 2.33. The number of halogens is 5. The minimum absolute atomic E-state index is 0. The Kier molecular flexibility index (Phi) is 9.98. The molecule has 30 heavy (non-hydrogen) atoms. The van der Waals surface area contributed by atoms with Gasteiger partial charge in [0.15, 0.2) is 5.82 Å². The Balaban J connectivity index is 0.00000225. The molecule has 3 rings (SSSR count). The van der Waals surface area contributed by atoms with Gasteiger partial charge in [0.1, 0.15) is 0 Å². The van der Waals surface area contributed by atoms with Gasteiger partial charge < -0.3 is 15.6 Å². The van der Waals surface area contributed by atoms with Crippen LogP contribution in [0.4, 0.5) is 18.9 Å². The smallest absolute Gasteiger partial charge is 0.338 e. The minimum Gasteiger partial charge on any atom is -0.338 e. The van der Waals surface area contributed by atoms with Crippen LogP contribution in [-0.2, 0) is 24.1 Å². The Hall–Kier alpha value is -1.92. The fourth-order valence-corrected chi connectivity index (χ4v) is 2.97. The van der Waals surface area contributed by atoms with E-state index in [1.165, 1.54) is 18.2 Å². The summed E-state index contributed by atoms with van der Waals surface area (Å²) < 4.78 is 44.0. The third kappa shape index (κ3) is 7.10. The van der Waals surface area contributed by atoms with Gasteiger partial charge in [0.05, 0.1) is 30.9 Å². The Morgan fingerprint density at radius 1 is 1.13 bits per heavy atom. The Morgan fingerprint density at radius 2 is 1.77 bits per heavy atom. The lowest BCUT2D eigenvalue weighted by molar-refractivity contribution is -0.137. The van der Waals surface area contributed by atoms with Crippen LogP contribution in [0.3, 0.4) is 0 Å². The number of nitrogens with two attached hydrogens (primary N) is 1. The van der Waals surface area contributed by atoms with Crippen LogP contribution in [0.1, 0.15) is 17.3 Å². The maximum Gasteiger partial charge on any atom is 0.418 e. The molecule has 0 unspecified atom stereocenters. The number of nitrogens with one attached hydrogen (secondary N) is 1. The molecule has 8 nitrogen and oxygen atoms in total. The molecule has 2 heterocycles. The molecule has 1 fully saturated rings. The van der Waals surface area contributed by atoms with Crippen molar-refractivity contribution in [1.29, 1.82) is 0 Å². The molecule has 0 atom stereocenters. The van der Waals surface area contributed by atoms with Crippen LogP contribution in [0.5, 0.6) is 0 Å². The van der Waals surface area contributed by atoms with E-state index < -0.39 is 17.6 Å². The number of alkyl halides is 3. The van der Waals surface area contributed by atoms with E-state index in [9.17, 15) is 18.0 Å². The van der Waals surface area contributed by atoms with Crippen LogP contribution in [0.15, 0.2) is 28.8 Å². The molecular weight excluding hydrogens is 448 g/mol. The molecule has 1 amide bonds. The average Bonchev–Trinajstić information content (AvgIpc) is 3.10. The first-order valence-electron chi connectivity index (χ1n) is 8.77. The van der Waals surface area contributed by atoms with Crippen molar-refractivity contribution in [2.75, 3.05) is 38.0 Å². The lowest BCUT2D eigenvalue weighted by Crippen LogP contribution is -2.48. The van der Waals surface area contributed by atoms with E-state index in [2.05, 4.69) is 20.4 Å². The lowest BCUT2D eigenvalue weighted by Gasteiger charge is -2.33. The number of para-hydroxylation sites is 1.